The minimum absolute atomic E-state index is 0.186. The van der Waals surface area contributed by atoms with Gasteiger partial charge in [0, 0.05) is 38.1 Å². The van der Waals surface area contributed by atoms with Crippen molar-refractivity contribution in [3.8, 4) is 0 Å². The van der Waals surface area contributed by atoms with Crippen molar-refractivity contribution in [2.24, 2.45) is 11.8 Å². The molecule has 0 spiro atoms. The Balaban J connectivity index is 1.70. The van der Waals surface area contributed by atoms with Gasteiger partial charge in [0.05, 0.1) is 0 Å². The van der Waals surface area contributed by atoms with E-state index in [1.54, 1.807) is 0 Å². The summed E-state index contributed by atoms with van der Waals surface area (Å²) in [7, 11) is 0. The van der Waals surface area contributed by atoms with Crippen molar-refractivity contribution in [1.29, 1.82) is 0 Å². The Hall–Kier alpha value is -1.35. The van der Waals surface area contributed by atoms with Crippen molar-refractivity contribution in [2.75, 3.05) is 26.3 Å². The standard InChI is InChI=1S/C18H25NO2/c1-2-14-12-19(18(20)16-8-10-21-11-9-16)13-17(14)15-6-4-3-5-7-15/h3-7,14,16-17H,2,8-13H2,1H3/t14-,17-/m0/s1. The Bertz CT molecular complexity index is 467. The van der Waals surface area contributed by atoms with Crippen LogP contribution in [0.2, 0.25) is 0 Å². The van der Waals surface area contributed by atoms with E-state index in [9.17, 15) is 4.79 Å². The highest BCUT2D eigenvalue weighted by atomic mass is 16.5. The highest BCUT2D eigenvalue weighted by molar-refractivity contribution is 5.79. The van der Waals surface area contributed by atoms with E-state index in [1.807, 2.05) is 0 Å². The fraction of sp³-hybridized carbons (Fsp3) is 0.611. The van der Waals surface area contributed by atoms with Crippen molar-refractivity contribution in [3.63, 3.8) is 0 Å². The predicted octanol–water partition coefficient (Wildman–Crippen LogP) is 3.07. The van der Waals surface area contributed by atoms with E-state index in [4.69, 9.17) is 4.74 Å². The number of likely N-dealkylation sites (tertiary alicyclic amines) is 1. The van der Waals surface area contributed by atoms with E-state index >= 15 is 0 Å². The molecule has 0 radical (unpaired) electrons. The average molecular weight is 287 g/mol. The van der Waals surface area contributed by atoms with Gasteiger partial charge in [-0.25, -0.2) is 0 Å². The molecule has 0 saturated carbocycles. The van der Waals surface area contributed by atoms with Gasteiger partial charge in [-0.15, -0.1) is 0 Å². The highest BCUT2D eigenvalue weighted by Crippen LogP contribution is 2.35. The van der Waals surface area contributed by atoms with Gasteiger partial charge in [-0.3, -0.25) is 4.79 Å². The zero-order chi connectivity index (χ0) is 14.7. The summed E-state index contributed by atoms with van der Waals surface area (Å²) in [6, 6.07) is 10.7. The molecule has 3 nitrogen and oxygen atoms in total. The number of ether oxygens (including phenoxy) is 1. The van der Waals surface area contributed by atoms with Crippen LogP contribution in [0.15, 0.2) is 30.3 Å². The van der Waals surface area contributed by atoms with E-state index in [0.717, 1.165) is 45.6 Å². The summed E-state index contributed by atoms with van der Waals surface area (Å²) in [5, 5.41) is 0. The van der Waals surface area contributed by atoms with Gasteiger partial charge in [0.1, 0.15) is 0 Å². The SMILES string of the molecule is CC[C@H]1CN(C(=O)C2CCOCC2)C[C@@H]1c1ccccc1. The molecule has 0 N–H and O–H groups in total. The van der Waals surface area contributed by atoms with Crippen molar-refractivity contribution in [3.05, 3.63) is 35.9 Å². The fourth-order valence-corrected chi connectivity index (χ4v) is 3.75. The second-order valence-electron chi connectivity index (χ2n) is 6.32. The summed E-state index contributed by atoms with van der Waals surface area (Å²) >= 11 is 0. The summed E-state index contributed by atoms with van der Waals surface area (Å²) in [6.07, 6.45) is 2.92. The summed E-state index contributed by atoms with van der Waals surface area (Å²) in [5.41, 5.74) is 1.38. The largest absolute Gasteiger partial charge is 0.381 e. The molecule has 3 rings (SSSR count). The monoisotopic (exact) mass is 287 g/mol. The molecular formula is C18H25NO2. The molecule has 2 heterocycles. The van der Waals surface area contributed by atoms with Crippen LogP contribution >= 0.6 is 0 Å². The van der Waals surface area contributed by atoms with Crippen LogP contribution in [0.4, 0.5) is 0 Å². The van der Waals surface area contributed by atoms with Crippen LogP contribution in [-0.2, 0) is 9.53 Å². The molecule has 1 aromatic rings. The van der Waals surface area contributed by atoms with Gasteiger partial charge in [0.25, 0.3) is 0 Å². The third kappa shape index (κ3) is 3.13. The number of hydrogen-bond acceptors (Lipinski definition) is 2. The van der Waals surface area contributed by atoms with E-state index < -0.39 is 0 Å². The van der Waals surface area contributed by atoms with Crippen molar-refractivity contribution in [2.45, 2.75) is 32.1 Å². The zero-order valence-electron chi connectivity index (χ0n) is 12.8. The summed E-state index contributed by atoms with van der Waals surface area (Å²) in [6.45, 7) is 5.53. The molecule has 3 heteroatoms. The van der Waals surface area contributed by atoms with Crippen LogP contribution < -0.4 is 0 Å². The van der Waals surface area contributed by atoms with Gasteiger partial charge in [0.15, 0.2) is 0 Å². The Labute approximate surface area is 127 Å². The molecule has 2 aliphatic rings. The predicted molar refractivity (Wildman–Crippen MR) is 83.1 cm³/mol. The maximum atomic E-state index is 12.7. The van der Waals surface area contributed by atoms with Crippen molar-refractivity contribution < 1.29 is 9.53 Å². The molecule has 0 aliphatic carbocycles. The quantitative estimate of drug-likeness (QED) is 0.855. The topological polar surface area (TPSA) is 29.5 Å². The van der Waals surface area contributed by atoms with Crippen LogP contribution in [0.5, 0.6) is 0 Å². The maximum absolute atomic E-state index is 12.7. The fourth-order valence-electron chi connectivity index (χ4n) is 3.75. The van der Waals surface area contributed by atoms with E-state index in [1.165, 1.54) is 5.56 Å². The molecule has 1 aromatic carbocycles. The maximum Gasteiger partial charge on any atom is 0.225 e. The zero-order valence-corrected chi connectivity index (χ0v) is 12.8. The molecular weight excluding hydrogens is 262 g/mol. The van der Waals surface area contributed by atoms with E-state index in [2.05, 4.69) is 42.2 Å². The summed E-state index contributed by atoms with van der Waals surface area (Å²) in [5.74, 6) is 1.64. The smallest absolute Gasteiger partial charge is 0.225 e. The number of benzene rings is 1. The first kappa shape index (κ1) is 14.6. The third-order valence-electron chi connectivity index (χ3n) is 5.08. The third-order valence-corrected chi connectivity index (χ3v) is 5.08. The molecule has 0 bridgehead atoms. The lowest BCUT2D eigenvalue weighted by atomic mass is 9.87. The second kappa shape index (κ2) is 6.61. The van der Waals surface area contributed by atoms with Gasteiger partial charge in [0.2, 0.25) is 5.91 Å². The molecule has 21 heavy (non-hydrogen) atoms. The normalized spacial score (nSPS) is 27.0. The summed E-state index contributed by atoms with van der Waals surface area (Å²) in [4.78, 5) is 14.8. The number of carbonyl (C=O) groups excluding carboxylic acids is 1. The van der Waals surface area contributed by atoms with Gasteiger partial charge < -0.3 is 9.64 Å². The number of nitrogens with zero attached hydrogens (tertiary/aromatic N) is 1. The van der Waals surface area contributed by atoms with Crippen molar-refractivity contribution in [1.82, 2.24) is 4.90 Å². The minimum Gasteiger partial charge on any atom is -0.381 e. The molecule has 114 valence electrons. The van der Waals surface area contributed by atoms with Crippen LogP contribution in [0, 0.1) is 11.8 Å². The molecule has 2 atom stereocenters. The highest BCUT2D eigenvalue weighted by Gasteiger charge is 2.37. The van der Waals surface area contributed by atoms with Gasteiger partial charge >= 0.3 is 0 Å². The Morgan fingerprint density at radius 1 is 1.19 bits per heavy atom. The number of carbonyl (C=O) groups is 1. The van der Waals surface area contributed by atoms with E-state index in [-0.39, 0.29) is 5.92 Å². The Morgan fingerprint density at radius 3 is 2.57 bits per heavy atom. The van der Waals surface area contributed by atoms with Gasteiger partial charge in [-0.2, -0.15) is 0 Å². The Morgan fingerprint density at radius 2 is 1.90 bits per heavy atom. The lowest BCUT2D eigenvalue weighted by Crippen LogP contribution is -2.37. The minimum atomic E-state index is 0.186. The summed E-state index contributed by atoms with van der Waals surface area (Å²) < 4.78 is 5.37. The lowest BCUT2D eigenvalue weighted by Gasteiger charge is -2.26. The number of amides is 1. The first-order valence-corrected chi connectivity index (χ1v) is 8.21. The van der Waals surface area contributed by atoms with Gasteiger partial charge in [-0.1, -0.05) is 43.7 Å². The van der Waals surface area contributed by atoms with Crippen LogP contribution in [0.1, 0.15) is 37.7 Å². The van der Waals surface area contributed by atoms with Gasteiger partial charge in [-0.05, 0) is 24.3 Å². The van der Waals surface area contributed by atoms with Crippen LogP contribution in [0.25, 0.3) is 0 Å². The molecule has 2 aliphatic heterocycles. The number of hydrogen-bond donors (Lipinski definition) is 0. The van der Waals surface area contributed by atoms with Crippen LogP contribution in [-0.4, -0.2) is 37.1 Å². The first-order valence-electron chi connectivity index (χ1n) is 8.21. The molecule has 0 unspecified atom stereocenters. The molecule has 0 aromatic heterocycles. The first-order chi connectivity index (χ1) is 10.3. The number of rotatable bonds is 3. The van der Waals surface area contributed by atoms with Crippen LogP contribution in [0.3, 0.4) is 0 Å². The second-order valence-corrected chi connectivity index (χ2v) is 6.32. The van der Waals surface area contributed by atoms with E-state index in [0.29, 0.717) is 17.7 Å². The Kier molecular flexibility index (Phi) is 4.59. The molecule has 1 amide bonds. The lowest BCUT2D eigenvalue weighted by molar-refractivity contribution is -0.137. The van der Waals surface area contributed by atoms with Crippen molar-refractivity contribution >= 4 is 5.91 Å². The molecule has 2 saturated heterocycles. The average Bonchev–Trinajstić information content (AvgIpc) is 3.00. The molecule has 2 fully saturated rings.